The maximum atomic E-state index is 4.27. The van der Waals surface area contributed by atoms with Crippen LogP contribution in [0.4, 0.5) is 0 Å². The predicted molar refractivity (Wildman–Crippen MR) is 71.6 cm³/mol. The van der Waals surface area contributed by atoms with E-state index in [1.54, 1.807) is 0 Å². The van der Waals surface area contributed by atoms with E-state index < -0.39 is 0 Å². The van der Waals surface area contributed by atoms with Gasteiger partial charge < -0.3 is 5.32 Å². The van der Waals surface area contributed by atoms with Crippen molar-refractivity contribution < 1.29 is 0 Å². The number of aryl methyl sites for hydroxylation is 1. The summed E-state index contributed by atoms with van der Waals surface area (Å²) < 4.78 is 1.90. The highest BCUT2D eigenvalue weighted by Gasteiger charge is 2.14. The van der Waals surface area contributed by atoms with Gasteiger partial charge >= 0.3 is 0 Å². The number of hydrogen-bond donors (Lipinski definition) is 1. The molecular formula is C14H23N3. The fourth-order valence-corrected chi connectivity index (χ4v) is 1.64. The van der Waals surface area contributed by atoms with Crippen LogP contribution in [0.2, 0.25) is 0 Å². The van der Waals surface area contributed by atoms with Crippen LogP contribution in [0.1, 0.15) is 44.5 Å². The van der Waals surface area contributed by atoms with Gasteiger partial charge in [-0.3, -0.25) is 4.68 Å². The van der Waals surface area contributed by atoms with Gasteiger partial charge in [0, 0.05) is 36.2 Å². The topological polar surface area (TPSA) is 29.9 Å². The lowest BCUT2D eigenvalue weighted by molar-refractivity contribution is 0.565. The van der Waals surface area contributed by atoms with Gasteiger partial charge in [-0.05, 0) is 34.7 Å². The molecule has 1 aromatic rings. The fraction of sp³-hybridized carbons (Fsp3) is 0.643. The van der Waals surface area contributed by atoms with E-state index in [4.69, 9.17) is 0 Å². The van der Waals surface area contributed by atoms with Gasteiger partial charge in [0.05, 0.1) is 6.20 Å². The molecule has 17 heavy (non-hydrogen) atoms. The summed E-state index contributed by atoms with van der Waals surface area (Å²) >= 11 is 0. The highest BCUT2D eigenvalue weighted by atomic mass is 15.3. The van der Waals surface area contributed by atoms with Crippen molar-refractivity contribution in [3.05, 3.63) is 17.5 Å². The normalized spacial score (nSPS) is 13.1. The summed E-state index contributed by atoms with van der Waals surface area (Å²) in [5.74, 6) is 6.53. The molecule has 0 aliphatic heterocycles. The van der Waals surface area contributed by atoms with Crippen molar-refractivity contribution in [2.24, 2.45) is 12.5 Å². The molecule has 1 unspecified atom stereocenters. The first-order valence-corrected chi connectivity index (χ1v) is 6.01. The zero-order valence-corrected chi connectivity index (χ0v) is 11.8. The summed E-state index contributed by atoms with van der Waals surface area (Å²) in [4.78, 5) is 0. The molecule has 1 rings (SSSR count). The number of nitrogens with one attached hydrogen (secondary N) is 1. The Morgan fingerprint density at radius 2 is 2.12 bits per heavy atom. The second kappa shape index (κ2) is 5.37. The average molecular weight is 233 g/mol. The first kappa shape index (κ1) is 13.8. The maximum Gasteiger partial charge on any atom is 0.0540 e. The largest absolute Gasteiger partial charge is 0.312 e. The smallest absolute Gasteiger partial charge is 0.0540 e. The average Bonchev–Trinajstić information content (AvgIpc) is 2.54. The van der Waals surface area contributed by atoms with E-state index >= 15 is 0 Å². The molecule has 0 fully saturated rings. The van der Waals surface area contributed by atoms with E-state index in [0.29, 0.717) is 0 Å². The first-order valence-electron chi connectivity index (χ1n) is 6.01. The van der Waals surface area contributed by atoms with Crippen LogP contribution in [-0.4, -0.2) is 16.8 Å². The molecule has 0 aliphatic carbocycles. The summed E-state index contributed by atoms with van der Waals surface area (Å²) in [6, 6.07) is 0.263. The van der Waals surface area contributed by atoms with Gasteiger partial charge in [0.15, 0.2) is 0 Å². The van der Waals surface area contributed by atoms with E-state index in [1.807, 2.05) is 25.0 Å². The van der Waals surface area contributed by atoms with Gasteiger partial charge in [-0.2, -0.15) is 5.10 Å². The Morgan fingerprint density at radius 3 is 2.53 bits per heavy atom. The van der Waals surface area contributed by atoms with E-state index in [1.165, 1.54) is 11.3 Å². The van der Waals surface area contributed by atoms with Gasteiger partial charge in [-0.25, -0.2) is 0 Å². The summed E-state index contributed by atoms with van der Waals surface area (Å²) in [6.45, 7) is 8.47. The molecule has 0 aromatic carbocycles. The predicted octanol–water partition coefficient (Wildman–Crippen LogP) is 2.43. The minimum atomic E-state index is 0.0717. The Morgan fingerprint density at radius 1 is 1.47 bits per heavy atom. The fourth-order valence-electron chi connectivity index (χ4n) is 1.64. The van der Waals surface area contributed by atoms with Gasteiger partial charge in [0.25, 0.3) is 0 Å². The lowest BCUT2D eigenvalue weighted by atomic mass is 9.97. The lowest BCUT2D eigenvalue weighted by Gasteiger charge is -2.13. The van der Waals surface area contributed by atoms with Crippen LogP contribution in [0.15, 0.2) is 6.20 Å². The SMILES string of the molecule is CNC(CC#CC(C)(C)C)c1cnn(C)c1C. The van der Waals surface area contributed by atoms with Crippen LogP contribution in [-0.2, 0) is 7.05 Å². The van der Waals surface area contributed by atoms with Crippen LogP contribution in [0.3, 0.4) is 0 Å². The Bertz CT molecular complexity index is 427. The summed E-state index contributed by atoms with van der Waals surface area (Å²) in [7, 11) is 3.93. The van der Waals surface area contributed by atoms with Gasteiger partial charge in [0.1, 0.15) is 0 Å². The Hall–Kier alpha value is -1.27. The van der Waals surface area contributed by atoms with E-state index in [-0.39, 0.29) is 11.5 Å². The lowest BCUT2D eigenvalue weighted by Crippen LogP contribution is -2.16. The van der Waals surface area contributed by atoms with Crippen molar-refractivity contribution in [1.29, 1.82) is 0 Å². The van der Waals surface area contributed by atoms with Crippen molar-refractivity contribution in [2.75, 3.05) is 7.05 Å². The van der Waals surface area contributed by atoms with Crippen molar-refractivity contribution >= 4 is 0 Å². The van der Waals surface area contributed by atoms with E-state index in [9.17, 15) is 0 Å². The molecule has 0 spiro atoms. The quantitative estimate of drug-likeness (QED) is 0.813. The van der Waals surface area contributed by atoms with Crippen LogP contribution in [0.5, 0.6) is 0 Å². The molecule has 0 radical (unpaired) electrons. The first-order chi connectivity index (χ1) is 7.85. The number of hydrogen-bond acceptors (Lipinski definition) is 2. The molecule has 0 saturated heterocycles. The van der Waals surface area contributed by atoms with E-state index in [0.717, 1.165) is 6.42 Å². The molecule has 1 aromatic heterocycles. The molecule has 3 heteroatoms. The summed E-state index contributed by atoms with van der Waals surface area (Å²) in [6.07, 6.45) is 2.75. The van der Waals surface area contributed by atoms with Gasteiger partial charge in [-0.15, -0.1) is 5.92 Å². The molecule has 0 bridgehead atoms. The monoisotopic (exact) mass is 233 g/mol. The highest BCUT2D eigenvalue weighted by molar-refractivity contribution is 5.23. The Balaban J connectivity index is 2.79. The third kappa shape index (κ3) is 3.90. The molecule has 1 N–H and O–H groups in total. The van der Waals surface area contributed by atoms with Crippen molar-refractivity contribution in [2.45, 2.75) is 40.2 Å². The molecule has 3 nitrogen and oxygen atoms in total. The van der Waals surface area contributed by atoms with E-state index in [2.05, 4.69) is 50.0 Å². The second-order valence-electron chi connectivity index (χ2n) is 5.41. The summed E-state index contributed by atoms with van der Waals surface area (Å²) in [5.41, 5.74) is 2.50. The molecular weight excluding hydrogens is 210 g/mol. The number of aromatic nitrogens is 2. The molecule has 1 atom stereocenters. The van der Waals surface area contributed by atoms with Crippen LogP contribution >= 0.6 is 0 Å². The number of nitrogens with zero attached hydrogens (tertiary/aromatic N) is 2. The Kier molecular flexibility index (Phi) is 4.36. The highest BCUT2D eigenvalue weighted by Crippen LogP contribution is 2.19. The van der Waals surface area contributed by atoms with Crippen LogP contribution in [0.25, 0.3) is 0 Å². The van der Waals surface area contributed by atoms with Crippen LogP contribution < -0.4 is 5.32 Å². The van der Waals surface area contributed by atoms with Crippen LogP contribution in [0, 0.1) is 24.2 Å². The van der Waals surface area contributed by atoms with Gasteiger partial charge in [-0.1, -0.05) is 5.92 Å². The molecule has 94 valence electrons. The third-order valence-corrected chi connectivity index (χ3v) is 2.77. The zero-order valence-electron chi connectivity index (χ0n) is 11.8. The van der Waals surface area contributed by atoms with Crippen molar-refractivity contribution in [3.8, 4) is 11.8 Å². The van der Waals surface area contributed by atoms with Gasteiger partial charge in [0.2, 0.25) is 0 Å². The molecule has 1 heterocycles. The van der Waals surface area contributed by atoms with Crippen molar-refractivity contribution in [1.82, 2.24) is 15.1 Å². The second-order valence-corrected chi connectivity index (χ2v) is 5.41. The Labute approximate surface area is 105 Å². The molecule has 0 aliphatic rings. The third-order valence-electron chi connectivity index (χ3n) is 2.77. The summed E-state index contributed by atoms with van der Waals surface area (Å²) in [5, 5.41) is 7.57. The minimum Gasteiger partial charge on any atom is -0.312 e. The van der Waals surface area contributed by atoms with Crippen molar-refractivity contribution in [3.63, 3.8) is 0 Å². The maximum absolute atomic E-state index is 4.27. The molecule has 0 saturated carbocycles. The minimum absolute atomic E-state index is 0.0717. The zero-order chi connectivity index (χ0) is 13.1. The molecule has 0 amide bonds. The standard InChI is InChI=1S/C14H23N3/c1-11-12(10-16-17(11)6)13(15-5)8-7-9-14(2,3)4/h10,13,15H,8H2,1-6H3. The number of rotatable bonds is 3.